The maximum absolute atomic E-state index is 10.1. The first-order valence-electron chi connectivity index (χ1n) is 6.29. The third kappa shape index (κ3) is 4.23. The molecular weight excluding hydrogens is 316 g/mol. The minimum absolute atomic E-state index is 0.134. The molecule has 0 spiro atoms. The zero-order valence-corrected chi connectivity index (χ0v) is 13.1. The maximum atomic E-state index is 10.1. The van der Waals surface area contributed by atoms with Crippen LogP contribution < -0.4 is 0 Å². The largest absolute Gasteiger partial charge is 0.390 e. The summed E-state index contributed by atoms with van der Waals surface area (Å²) in [6, 6.07) is 5.56. The quantitative estimate of drug-likeness (QED) is 0.830. The van der Waals surface area contributed by atoms with Gasteiger partial charge in [-0.15, -0.1) is 0 Å². The molecule has 0 aliphatic rings. The zero-order chi connectivity index (χ0) is 13.7. The predicted octanol–water partition coefficient (Wildman–Crippen LogP) is 3.80. The minimum atomic E-state index is -0.770. The van der Waals surface area contributed by atoms with E-state index < -0.39 is 12.2 Å². The molecule has 2 unspecified atom stereocenters. The second-order valence-corrected chi connectivity index (χ2v) is 5.90. The molecule has 0 amide bonds. The molecule has 0 aliphatic heterocycles. The fourth-order valence-corrected chi connectivity index (χ4v) is 2.87. The van der Waals surface area contributed by atoms with Gasteiger partial charge in [0.15, 0.2) is 0 Å². The molecule has 0 aliphatic carbocycles. The van der Waals surface area contributed by atoms with Gasteiger partial charge in [-0.05, 0) is 23.6 Å². The standard InChI is InChI=1S/C14H20BrClO2/c1-3-9(4-2)14(18)13(17)7-10-5-6-11(15)8-12(10)16/h5-6,8-9,13-14,17-18H,3-4,7H2,1-2H3. The Morgan fingerprint density at radius 3 is 2.33 bits per heavy atom. The number of rotatable bonds is 6. The Labute approximate surface area is 122 Å². The second kappa shape index (κ2) is 7.49. The van der Waals surface area contributed by atoms with Crippen LogP contribution in [0.1, 0.15) is 32.3 Å². The molecule has 1 aromatic carbocycles. The van der Waals surface area contributed by atoms with Gasteiger partial charge in [0.1, 0.15) is 0 Å². The molecule has 4 heteroatoms. The topological polar surface area (TPSA) is 40.5 Å². The summed E-state index contributed by atoms with van der Waals surface area (Å²) in [6.45, 7) is 4.05. The number of aliphatic hydroxyl groups excluding tert-OH is 2. The summed E-state index contributed by atoms with van der Waals surface area (Å²) in [5, 5.41) is 20.8. The summed E-state index contributed by atoms with van der Waals surface area (Å²) in [5.41, 5.74) is 0.859. The van der Waals surface area contributed by atoms with E-state index in [0.29, 0.717) is 11.4 Å². The Kier molecular flexibility index (Phi) is 6.64. The first-order valence-corrected chi connectivity index (χ1v) is 7.46. The first-order chi connectivity index (χ1) is 8.49. The Hall–Kier alpha value is -0.0900. The predicted molar refractivity (Wildman–Crippen MR) is 78.9 cm³/mol. The average Bonchev–Trinajstić information content (AvgIpc) is 2.34. The van der Waals surface area contributed by atoms with E-state index in [1.165, 1.54) is 0 Å². The van der Waals surface area contributed by atoms with Gasteiger partial charge in [0, 0.05) is 15.9 Å². The Bertz CT molecular complexity index is 380. The first kappa shape index (κ1) is 16.0. The van der Waals surface area contributed by atoms with Crippen LogP contribution in [0.2, 0.25) is 5.02 Å². The summed E-state index contributed by atoms with van der Waals surface area (Å²) in [5.74, 6) is 0.134. The van der Waals surface area contributed by atoms with Crippen LogP contribution in [-0.4, -0.2) is 22.4 Å². The number of benzene rings is 1. The molecule has 18 heavy (non-hydrogen) atoms. The van der Waals surface area contributed by atoms with E-state index in [9.17, 15) is 10.2 Å². The van der Waals surface area contributed by atoms with Crippen LogP contribution in [0, 0.1) is 5.92 Å². The molecule has 1 aromatic rings. The molecule has 1 rings (SSSR count). The lowest BCUT2D eigenvalue weighted by Gasteiger charge is -2.25. The van der Waals surface area contributed by atoms with Crippen molar-refractivity contribution in [2.24, 2.45) is 5.92 Å². The zero-order valence-electron chi connectivity index (χ0n) is 10.7. The van der Waals surface area contributed by atoms with Crippen molar-refractivity contribution in [3.8, 4) is 0 Å². The molecule has 0 aromatic heterocycles. The third-order valence-electron chi connectivity index (χ3n) is 3.37. The third-order valence-corrected chi connectivity index (χ3v) is 4.22. The summed E-state index contributed by atoms with van der Waals surface area (Å²) in [7, 11) is 0. The van der Waals surface area contributed by atoms with Crippen LogP contribution in [0.25, 0.3) is 0 Å². The summed E-state index contributed by atoms with van der Waals surface area (Å²) in [4.78, 5) is 0. The highest BCUT2D eigenvalue weighted by atomic mass is 79.9. The fourth-order valence-electron chi connectivity index (χ4n) is 2.12. The van der Waals surface area contributed by atoms with E-state index in [1.54, 1.807) is 6.07 Å². The van der Waals surface area contributed by atoms with Gasteiger partial charge in [-0.25, -0.2) is 0 Å². The highest BCUT2D eigenvalue weighted by Crippen LogP contribution is 2.25. The van der Waals surface area contributed by atoms with E-state index in [1.807, 2.05) is 26.0 Å². The average molecular weight is 336 g/mol. The Morgan fingerprint density at radius 2 is 1.83 bits per heavy atom. The highest BCUT2D eigenvalue weighted by molar-refractivity contribution is 9.10. The summed E-state index contributed by atoms with van der Waals surface area (Å²) in [6.07, 6.45) is 0.642. The van der Waals surface area contributed by atoms with Crippen molar-refractivity contribution in [1.82, 2.24) is 0 Å². The van der Waals surface area contributed by atoms with Gasteiger partial charge in [-0.3, -0.25) is 0 Å². The lowest BCUT2D eigenvalue weighted by Crippen LogP contribution is -2.34. The van der Waals surface area contributed by atoms with Crippen molar-refractivity contribution in [2.75, 3.05) is 0 Å². The summed E-state index contributed by atoms with van der Waals surface area (Å²) < 4.78 is 0.909. The maximum Gasteiger partial charge on any atom is 0.0842 e. The normalized spacial score (nSPS) is 14.8. The summed E-state index contributed by atoms with van der Waals surface area (Å²) >= 11 is 9.44. The van der Waals surface area contributed by atoms with E-state index in [0.717, 1.165) is 22.9 Å². The van der Waals surface area contributed by atoms with Crippen molar-refractivity contribution in [3.63, 3.8) is 0 Å². The molecule has 0 heterocycles. The fraction of sp³-hybridized carbons (Fsp3) is 0.571. The van der Waals surface area contributed by atoms with Crippen molar-refractivity contribution in [2.45, 2.75) is 45.3 Å². The number of hydrogen-bond donors (Lipinski definition) is 2. The van der Waals surface area contributed by atoms with Crippen molar-refractivity contribution in [3.05, 3.63) is 33.3 Å². The molecule has 0 bridgehead atoms. The number of hydrogen-bond acceptors (Lipinski definition) is 2. The molecule has 102 valence electrons. The minimum Gasteiger partial charge on any atom is -0.390 e. The van der Waals surface area contributed by atoms with Crippen LogP contribution >= 0.6 is 27.5 Å². The number of aliphatic hydroxyl groups is 2. The Morgan fingerprint density at radius 1 is 1.22 bits per heavy atom. The highest BCUT2D eigenvalue weighted by Gasteiger charge is 2.24. The van der Waals surface area contributed by atoms with Gasteiger partial charge in [0.2, 0.25) is 0 Å². The monoisotopic (exact) mass is 334 g/mol. The van der Waals surface area contributed by atoms with E-state index in [2.05, 4.69) is 15.9 Å². The molecular formula is C14H20BrClO2. The lowest BCUT2D eigenvalue weighted by molar-refractivity contribution is -0.0187. The van der Waals surface area contributed by atoms with E-state index in [-0.39, 0.29) is 5.92 Å². The molecule has 0 saturated heterocycles. The molecule has 0 saturated carbocycles. The Balaban J connectivity index is 2.71. The van der Waals surface area contributed by atoms with Crippen LogP contribution in [-0.2, 0) is 6.42 Å². The van der Waals surface area contributed by atoms with Crippen LogP contribution in [0.5, 0.6) is 0 Å². The molecule has 2 atom stereocenters. The van der Waals surface area contributed by atoms with Crippen LogP contribution in [0.4, 0.5) is 0 Å². The van der Waals surface area contributed by atoms with Crippen LogP contribution in [0.3, 0.4) is 0 Å². The van der Waals surface area contributed by atoms with E-state index >= 15 is 0 Å². The van der Waals surface area contributed by atoms with Gasteiger partial charge >= 0.3 is 0 Å². The van der Waals surface area contributed by atoms with Crippen molar-refractivity contribution in [1.29, 1.82) is 0 Å². The molecule has 2 nitrogen and oxygen atoms in total. The van der Waals surface area contributed by atoms with Crippen LogP contribution in [0.15, 0.2) is 22.7 Å². The molecule has 0 fully saturated rings. The number of halogens is 2. The van der Waals surface area contributed by atoms with Gasteiger partial charge in [0.05, 0.1) is 12.2 Å². The van der Waals surface area contributed by atoms with Gasteiger partial charge < -0.3 is 10.2 Å². The SMILES string of the molecule is CCC(CC)C(O)C(O)Cc1ccc(Br)cc1Cl. The molecule has 2 N–H and O–H groups in total. The molecule has 0 radical (unpaired) electrons. The van der Waals surface area contributed by atoms with Crippen molar-refractivity contribution >= 4 is 27.5 Å². The van der Waals surface area contributed by atoms with E-state index in [4.69, 9.17) is 11.6 Å². The van der Waals surface area contributed by atoms with Gasteiger partial charge in [-0.1, -0.05) is 60.3 Å². The lowest BCUT2D eigenvalue weighted by atomic mass is 9.90. The van der Waals surface area contributed by atoms with Gasteiger partial charge in [0.25, 0.3) is 0 Å². The second-order valence-electron chi connectivity index (χ2n) is 4.57. The van der Waals surface area contributed by atoms with Gasteiger partial charge in [-0.2, -0.15) is 0 Å². The smallest absolute Gasteiger partial charge is 0.0842 e. The van der Waals surface area contributed by atoms with Crippen molar-refractivity contribution < 1.29 is 10.2 Å².